The topological polar surface area (TPSA) is 139 Å². The van der Waals surface area contributed by atoms with Gasteiger partial charge < -0.3 is 29.0 Å². The Morgan fingerprint density at radius 2 is 1.44 bits per heavy atom. The van der Waals surface area contributed by atoms with E-state index in [-0.39, 0.29) is 12.4 Å². The molecule has 11 heteroatoms. The minimum absolute atomic E-state index is 0.277. The molecule has 0 spiro atoms. The van der Waals surface area contributed by atoms with Crippen LogP contribution in [-0.2, 0) is 42.9 Å². The Morgan fingerprint density at radius 3 is 2.08 bits per heavy atom. The predicted octanol–water partition coefficient (Wildman–Crippen LogP) is 2.42. The van der Waals surface area contributed by atoms with Gasteiger partial charge in [0.1, 0.15) is 18.5 Å². The van der Waals surface area contributed by atoms with E-state index in [0.29, 0.717) is 5.69 Å². The molecule has 4 rings (SSSR count). The molecule has 36 heavy (non-hydrogen) atoms. The average molecular weight is 498 g/mol. The van der Waals surface area contributed by atoms with Crippen LogP contribution in [-0.4, -0.2) is 66.8 Å². The van der Waals surface area contributed by atoms with Gasteiger partial charge in [0.2, 0.25) is 0 Å². The summed E-state index contributed by atoms with van der Waals surface area (Å²) in [5, 5.41) is 5.10. The maximum absolute atomic E-state index is 12.1. The molecule has 1 N–H and O–H groups in total. The zero-order valence-corrected chi connectivity index (χ0v) is 20.2. The van der Waals surface area contributed by atoms with Crippen molar-refractivity contribution in [3.05, 3.63) is 36.4 Å². The van der Waals surface area contributed by atoms with E-state index in [0.717, 1.165) is 16.5 Å². The number of aliphatic imine (C=N–C) groups is 1. The summed E-state index contributed by atoms with van der Waals surface area (Å²) >= 11 is 0. The minimum atomic E-state index is -1.27. The summed E-state index contributed by atoms with van der Waals surface area (Å²) in [5.41, 5.74) is 1.41. The third-order valence-corrected chi connectivity index (χ3v) is 5.65. The number of hydrogen-bond acceptors (Lipinski definition) is 11. The van der Waals surface area contributed by atoms with Crippen molar-refractivity contribution in [2.45, 2.75) is 58.2 Å². The summed E-state index contributed by atoms with van der Waals surface area (Å²) in [7, 11) is 0. The molecule has 11 nitrogen and oxygen atoms in total. The SMILES string of the molecule is CC(=O)OC[C@H]1O[C@H](C2=Nc3cccc4cccc(c34)N2)[C@H](OC(C)=O)[C@@H](OC(C)=O)[C@H]1OC(C)=O. The molecular formula is C25H26N2O9. The number of nitrogens with one attached hydrogen (secondary N) is 1. The fraction of sp³-hybridized carbons (Fsp3) is 0.400. The van der Waals surface area contributed by atoms with Crippen molar-refractivity contribution in [1.29, 1.82) is 0 Å². The molecule has 0 aliphatic carbocycles. The van der Waals surface area contributed by atoms with Crippen molar-refractivity contribution in [2.24, 2.45) is 4.99 Å². The number of anilines is 1. The van der Waals surface area contributed by atoms with Gasteiger partial charge in [0, 0.05) is 38.8 Å². The summed E-state index contributed by atoms with van der Waals surface area (Å²) in [6.07, 6.45) is -5.89. The smallest absolute Gasteiger partial charge is 0.303 e. The lowest BCUT2D eigenvalue weighted by Crippen LogP contribution is -2.64. The van der Waals surface area contributed by atoms with Gasteiger partial charge >= 0.3 is 23.9 Å². The van der Waals surface area contributed by atoms with E-state index in [1.807, 2.05) is 36.4 Å². The normalized spacial score (nSPS) is 24.7. The molecule has 2 heterocycles. The molecule has 2 aromatic rings. The van der Waals surface area contributed by atoms with Crippen LogP contribution in [0.4, 0.5) is 11.4 Å². The largest absolute Gasteiger partial charge is 0.463 e. The molecule has 2 aliphatic rings. The number of carbonyl (C=O) groups is 4. The van der Waals surface area contributed by atoms with Gasteiger partial charge in [-0.05, 0) is 17.5 Å². The Labute approximate surface area is 206 Å². The van der Waals surface area contributed by atoms with Crippen LogP contribution >= 0.6 is 0 Å². The number of benzene rings is 2. The van der Waals surface area contributed by atoms with Crippen LogP contribution in [0, 0.1) is 0 Å². The minimum Gasteiger partial charge on any atom is -0.463 e. The molecule has 190 valence electrons. The number of amidine groups is 1. The standard InChI is InChI=1S/C25H26N2O9/c1-12(28)32-11-19-21(33-13(2)29)22(34-14(3)30)23(35-15(4)31)24(36-19)25-26-17-9-5-7-16-8-6-10-18(27-25)20(16)17/h5-10,19,21-24H,11H2,1-4H3,(H,26,27)/t19-,21+,22+,23-,24+/m1/s1. The van der Waals surface area contributed by atoms with Gasteiger partial charge in [-0.2, -0.15) is 0 Å². The number of ether oxygens (including phenoxy) is 5. The van der Waals surface area contributed by atoms with E-state index in [1.54, 1.807) is 0 Å². The van der Waals surface area contributed by atoms with Crippen LogP contribution in [0.3, 0.4) is 0 Å². The first kappa shape index (κ1) is 25.1. The molecule has 0 amide bonds. The van der Waals surface area contributed by atoms with E-state index in [9.17, 15) is 19.2 Å². The van der Waals surface area contributed by atoms with Gasteiger partial charge in [0.15, 0.2) is 24.4 Å². The highest BCUT2D eigenvalue weighted by molar-refractivity contribution is 6.15. The van der Waals surface area contributed by atoms with Crippen LogP contribution in [0.2, 0.25) is 0 Å². The summed E-state index contributed by atoms with van der Waals surface area (Å²) in [4.78, 5) is 52.3. The summed E-state index contributed by atoms with van der Waals surface area (Å²) < 4.78 is 27.8. The van der Waals surface area contributed by atoms with Gasteiger partial charge in [-0.1, -0.05) is 24.3 Å². The summed E-state index contributed by atoms with van der Waals surface area (Å²) in [6.45, 7) is 4.45. The number of esters is 4. The fourth-order valence-corrected chi connectivity index (χ4v) is 4.40. The van der Waals surface area contributed by atoms with E-state index in [2.05, 4.69) is 5.32 Å². The molecular weight excluding hydrogens is 472 g/mol. The van der Waals surface area contributed by atoms with E-state index >= 15 is 0 Å². The summed E-state index contributed by atoms with van der Waals surface area (Å²) in [6, 6.07) is 11.4. The Bertz CT molecular complexity index is 1240. The lowest BCUT2D eigenvalue weighted by Gasteiger charge is -2.45. The third-order valence-electron chi connectivity index (χ3n) is 5.65. The number of rotatable bonds is 6. The van der Waals surface area contributed by atoms with Crippen LogP contribution in [0.25, 0.3) is 10.8 Å². The van der Waals surface area contributed by atoms with E-state index in [4.69, 9.17) is 28.7 Å². The molecule has 0 unspecified atom stereocenters. The number of hydrogen-bond donors (Lipinski definition) is 1. The van der Waals surface area contributed by atoms with Crippen LogP contribution < -0.4 is 5.32 Å². The maximum atomic E-state index is 12.1. The lowest BCUT2D eigenvalue weighted by atomic mass is 9.92. The van der Waals surface area contributed by atoms with Gasteiger partial charge in [-0.3, -0.25) is 19.2 Å². The van der Waals surface area contributed by atoms with Crippen molar-refractivity contribution in [2.75, 3.05) is 11.9 Å². The molecule has 0 bridgehead atoms. The van der Waals surface area contributed by atoms with Crippen molar-refractivity contribution < 1.29 is 42.9 Å². The van der Waals surface area contributed by atoms with E-state index in [1.165, 1.54) is 27.7 Å². The first-order chi connectivity index (χ1) is 17.1. The maximum Gasteiger partial charge on any atom is 0.303 e. The first-order valence-corrected chi connectivity index (χ1v) is 11.3. The molecule has 2 aliphatic heterocycles. The van der Waals surface area contributed by atoms with Crippen LogP contribution in [0.5, 0.6) is 0 Å². The Morgan fingerprint density at radius 1 is 0.833 bits per heavy atom. The molecule has 0 aromatic heterocycles. The number of carbonyl (C=O) groups excluding carboxylic acids is 4. The predicted molar refractivity (Wildman–Crippen MR) is 127 cm³/mol. The molecule has 1 fully saturated rings. The average Bonchev–Trinajstić information content (AvgIpc) is 2.80. The molecule has 2 aromatic carbocycles. The van der Waals surface area contributed by atoms with Crippen LogP contribution in [0.15, 0.2) is 41.4 Å². The summed E-state index contributed by atoms with van der Waals surface area (Å²) in [5.74, 6) is -2.38. The second kappa shape index (κ2) is 10.3. The Hall–Kier alpha value is -3.99. The van der Waals surface area contributed by atoms with Gasteiger partial charge in [-0.25, -0.2) is 4.99 Å². The number of nitrogens with zero attached hydrogens (tertiary/aromatic N) is 1. The zero-order chi connectivity index (χ0) is 26.0. The quantitative estimate of drug-likeness (QED) is 0.467. The first-order valence-electron chi connectivity index (χ1n) is 11.3. The van der Waals surface area contributed by atoms with Crippen molar-refractivity contribution in [1.82, 2.24) is 0 Å². The fourth-order valence-electron chi connectivity index (χ4n) is 4.40. The molecule has 0 radical (unpaired) electrons. The molecule has 0 saturated carbocycles. The van der Waals surface area contributed by atoms with Gasteiger partial charge in [0.05, 0.1) is 5.69 Å². The van der Waals surface area contributed by atoms with Crippen LogP contribution in [0.1, 0.15) is 27.7 Å². The monoisotopic (exact) mass is 498 g/mol. The third kappa shape index (κ3) is 5.30. The lowest BCUT2D eigenvalue weighted by molar-refractivity contribution is -0.241. The Balaban J connectivity index is 1.80. The van der Waals surface area contributed by atoms with Gasteiger partial charge in [0.25, 0.3) is 0 Å². The van der Waals surface area contributed by atoms with Gasteiger partial charge in [-0.15, -0.1) is 0 Å². The molecule has 1 saturated heterocycles. The molecule has 5 atom stereocenters. The highest BCUT2D eigenvalue weighted by Gasteiger charge is 2.54. The highest BCUT2D eigenvalue weighted by atomic mass is 16.7. The van der Waals surface area contributed by atoms with Crippen molar-refractivity contribution >= 4 is 51.9 Å². The second-order valence-electron chi connectivity index (χ2n) is 8.42. The van der Waals surface area contributed by atoms with E-state index < -0.39 is 54.4 Å². The Kier molecular flexibility index (Phi) is 7.20. The zero-order valence-electron chi connectivity index (χ0n) is 20.2. The highest BCUT2D eigenvalue weighted by Crippen LogP contribution is 2.38. The van der Waals surface area contributed by atoms with Crippen molar-refractivity contribution in [3.8, 4) is 0 Å². The second-order valence-corrected chi connectivity index (χ2v) is 8.42. The van der Waals surface area contributed by atoms with Crippen molar-refractivity contribution in [3.63, 3.8) is 0 Å².